The van der Waals surface area contributed by atoms with Crippen molar-refractivity contribution < 1.29 is 24.6 Å². The quantitative estimate of drug-likeness (QED) is 0.256. The summed E-state index contributed by atoms with van der Waals surface area (Å²) in [5, 5.41) is 29.2. The Kier molecular flexibility index (Phi) is 5.51. The molecule has 8 heteroatoms. The van der Waals surface area contributed by atoms with Crippen LogP contribution in [0.3, 0.4) is 0 Å². The van der Waals surface area contributed by atoms with Gasteiger partial charge in [-0.3, -0.25) is 19.3 Å². The Morgan fingerprint density at radius 3 is 2.07 bits per heavy atom. The maximum absolute atomic E-state index is 12.3. The van der Waals surface area contributed by atoms with E-state index in [1.807, 2.05) is 0 Å². The van der Waals surface area contributed by atoms with E-state index >= 15 is 0 Å². The molecule has 0 spiro atoms. The van der Waals surface area contributed by atoms with Crippen LogP contribution in [0, 0.1) is 5.39 Å². The van der Waals surface area contributed by atoms with Crippen LogP contribution in [0.5, 0.6) is 0 Å². The minimum absolute atomic E-state index is 0.244. The van der Waals surface area contributed by atoms with Crippen molar-refractivity contribution in [3.63, 3.8) is 0 Å². The summed E-state index contributed by atoms with van der Waals surface area (Å²) in [7, 11) is 0. The second-order valence-corrected chi connectivity index (χ2v) is 6.21. The van der Waals surface area contributed by atoms with Crippen molar-refractivity contribution in [2.45, 2.75) is 6.42 Å². The fourth-order valence-corrected chi connectivity index (χ4v) is 2.91. The first-order valence-corrected chi connectivity index (χ1v) is 8.67. The zero-order valence-electron chi connectivity index (χ0n) is 15.1. The minimum atomic E-state index is -0.807. The Hall–Kier alpha value is -4.25. The van der Waals surface area contributed by atoms with E-state index in [4.69, 9.17) is 5.39 Å². The first-order valence-electron chi connectivity index (χ1n) is 8.67. The molecule has 0 bridgehead atoms. The molecular weight excluding hydrogens is 374 g/mol. The van der Waals surface area contributed by atoms with Crippen molar-refractivity contribution >= 4 is 23.4 Å². The number of diazo groups is 1. The molecule has 0 saturated carbocycles. The number of fused-ring (bicyclic) bond motifs is 1. The predicted octanol–water partition coefficient (Wildman–Crippen LogP) is 3.46. The average Bonchev–Trinajstić information content (AvgIpc) is 2.98. The van der Waals surface area contributed by atoms with Crippen LogP contribution in [0.1, 0.15) is 32.7 Å². The van der Waals surface area contributed by atoms with Gasteiger partial charge >= 0.3 is 5.70 Å². The van der Waals surface area contributed by atoms with E-state index in [0.29, 0.717) is 5.56 Å². The molecule has 0 saturated heterocycles. The molecule has 2 aromatic carbocycles. The topological polar surface area (TPSA) is 123 Å². The SMILES string of the molecule is N#[N+]C(C(=O)CCN1C(=O)c2ccccc2C1=O)=C(O)/C=C(\O)c1ccccc1. The molecule has 29 heavy (non-hydrogen) atoms. The van der Waals surface area contributed by atoms with Gasteiger partial charge in [0.1, 0.15) is 5.76 Å². The molecule has 1 heterocycles. The summed E-state index contributed by atoms with van der Waals surface area (Å²) in [6.07, 6.45) is 0.513. The number of nitrogens with zero attached hydrogens (tertiary/aromatic N) is 3. The van der Waals surface area contributed by atoms with E-state index in [1.165, 1.54) is 12.1 Å². The van der Waals surface area contributed by atoms with Gasteiger partial charge in [-0.15, -0.1) is 0 Å². The van der Waals surface area contributed by atoms with Crippen LogP contribution < -0.4 is 0 Å². The summed E-state index contributed by atoms with van der Waals surface area (Å²) in [5.74, 6) is -2.93. The van der Waals surface area contributed by atoms with Gasteiger partial charge in [0.05, 0.1) is 11.1 Å². The van der Waals surface area contributed by atoms with Gasteiger partial charge in [-0.1, -0.05) is 42.5 Å². The van der Waals surface area contributed by atoms with E-state index in [2.05, 4.69) is 4.98 Å². The van der Waals surface area contributed by atoms with Gasteiger partial charge in [0, 0.05) is 24.6 Å². The number of aliphatic hydroxyl groups is 2. The summed E-state index contributed by atoms with van der Waals surface area (Å²) in [5.41, 5.74) is 0.205. The Morgan fingerprint density at radius 1 is 0.966 bits per heavy atom. The largest absolute Gasteiger partial charge is 0.507 e. The molecule has 0 radical (unpaired) electrons. The second-order valence-electron chi connectivity index (χ2n) is 6.21. The number of ketones is 1. The summed E-state index contributed by atoms with van der Waals surface area (Å²) < 4.78 is 0. The maximum atomic E-state index is 12.3. The van der Waals surface area contributed by atoms with Gasteiger partial charge in [-0.05, 0) is 12.1 Å². The van der Waals surface area contributed by atoms with E-state index < -0.39 is 29.1 Å². The van der Waals surface area contributed by atoms with Gasteiger partial charge in [-0.2, -0.15) is 0 Å². The number of carbonyl (C=O) groups excluding carboxylic acids is 3. The molecule has 1 aliphatic heterocycles. The Balaban J connectivity index is 1.74. The number of hydrogen-bond donors (Lipinski definition) is 2. The summed E-state index contributed by atoms with van der Waals surface area (Å²) in [6.45, 7) is -0.244. The lowest BCUT2D eigenvalue weighted by Gasteiger charge is -2.11. The van der Waals surface area contributed by atoms with E-state index in [0.717, 1.165) is 11.0 Å². The van der Waals surface area contributed by atoms with Crippen molar-refractivity contribution in [3.8, 4) is 0 Å². The van der Waals surface area contributed by atoms with E-state index in [-0.39, 0.29) is 29.9 Å². The number of Topliss-reactive ketones (excluding diaryl/α,β-unsaturated/α-hetero) is 1. The smallest absolute Gasteiger partial charge is 0.468 e. The van der Waals surface area contributed by atoms with Crippen molar-refractivity contribution in [1.29, 1.82) is 5.39 Å². The Labute approximate surface area is 165 Å². The summed E-state index contributed by atoms with van der Waals surface area (Å²) >= 11 is 0. The van der Waals surface area contributed by atoms with Gasteiger partial charge in [0.25, 0.3) is 17.6 Å². The fraction of sp³-hybridized carbons (Fsp3) is 0.0952. The van der Waals surface area contributed by atoms with Crippen LogP contribution in [-0.2, 0) is 4.79 Å². The molecule has 144 valence electrons. The molecule has 3 rings (SSSR count). The normalized spacial score (nSPS) is 14.3. The fourth-order valence-electron chi connectivity index (χ4n) is 2.91. The highest BCUT2D eigenvalue weighted by molar-refractivity contribution is 6.21. The third-order valence-corrected chi connectivity index (χ3v) is 4.39. The number of benzene rings is 2. The highest BCUT2D eigenvalue weighted by Crippen LogP contribution is 2.23. The van der Waals surface area contributed by atoms with Crippen molar-refractivity contribution in [1.82, 2.24) is 4.90 Å². The molecule has 0 atom stereocenters. The molecule has 0 unspecified atom stereocenters. The first-order chi connectivity index (χ1) is 13.9. The number of amides is 2. The number of aliphatic hydroxyl groups excluding tert-OH is 2. The lowest BCUT2D eigenvalue weighted by Crippen LogP contribution is -2.32. The predicted molar refractivity (Wildman–Crippen MR) is 103 cm³/mol. The Morgan fingerprint density at radius 2 is 1.52 bits per heavy atom. The third kappa shape index (κ3) is 3.89. The lowest BCUT2D eigenvalue weighted by molar-refractivity contribution is -0.115. The standard InChI is InChI=1S/C21H15N3O5/c22-23-19(18(27)12-17(26)13-6-2-1-3-7-13)16(25)10-11-24-20(28)14-8-4-5-9-15(14)21(24)29/h1-9,12H,10-11H2,(H-,25,26,27)/p+1. The molecule has 0 aromatic heterocycles. The number of imide groups is 1. The summed E-state index contributed by atoms with van der Waals surface area (Å²) in [6, 6.07) is 14.6. The molecule has 2 N–H and O–H groups in total. The lowest BCUT2D eigenvalue weighted by atomic mass is 10.1. The van der Waals surface area contributed by atoms with Crippen molar-refractivity contribution in [2.24, 2.45) is 0 Å². The van der Waals surface area contributed by atoms with E-state index in [1.54, 1.807) is 42.5 Å². The van der Waals surface area contributed by atoms with Crippen LogP contribution in [0.4, 0.5) is 0 Å². The second kappa shape index (κ2) is 8.19. The van der Waals surface area contributed by atoms with Gasteiger partial charge in [0.15, 0.2) is 4.98 Å². The monoisotopic (exact) mass is 390 g/mol. The van der Waals surface area contributed by atoms with Crippen LogP contribution in [0.2, 0.25) is 0 Å². The molecule has 1 aliphatic rings. The van der Waals surface area contributed by atoms with Gasteiger partial charge in [-0.25, -0.2) is 0 Å². The van der Waals surface area contributed by atoms with Crippen molar-refractivity contribution in [2.75, 3.05) is 6.54 Å². The van der Waals surface area contributed by atoms with Crippen LogP contribution in [-0.4, -0.2) is 39.3 Å². The molecular formula is C21H16N3O5+. The minimum Gasteiger partial charge on any atom is -0.507 e. The molecule has 8 nitrogen and oxygen atoms in total. The van der Waals surface area contributed by atoms with Crippen LogP contribution >= 0.6 is 0 Å². The van der Waals surface area contributed by atoms with Crippen LogP contribution in [0.15, 0.2) is 72.1 Å². The Bertz CT molecular complexity index is 1060. The van der Waals surface area contributed by atoms with Gasteiger partial charge < -0.3 is 10.2 Å². The molecule has 0 aliphatic carbocycles. The number of carbonyl (C=O) groups is 3. The highest BCUT2D eigenvalue weighted by Gasteiger charge is 2.36. The van der Waals surface area contributed by atoms with Gasteiger partial charge in [0.2, 0.25) is 11.2 Å². The highest BCUT2D eigenvalue weighted by atomic mass is 16.3. The zero-order valence-corrected chi connectivity index (χ0v) is 15.1. The summed E-state index contributed by atoms with van der Waals surface area (Å²) in [4.78, 5) is 40.7. The molecule has 2 aromatic rings. The zero-order chi connectivity index (χ0) is 21.0. The molecule has 2 amide bonds. The maximum Gasteiger partial charge on any atom is 0.468 e. The number of hydrogen-bond acceptors (Lipinski definition) is 6. The molecule has 0 fully saturated rings. The van der Waals surface area contributed by atoms with E-state index in [9.17, 15) is 24.6 Å². The third-order valence-electron chi connectivity index (χ3n) is 4.39. The first kappa shape index (κ1) is 19.5. The average molecular weight is 390 g/mol. The van der Waals surface area contributed by atoms with Crippen molar-refractivity contribution in [3.05, 3.63) is 93.8 Å². The number of rotatable bonds is 6. The number of allylic oxidation sites excluding steroid dienone is 2. The van der Waals surface area contributed by atoms with Crippen LogP contribution in [0.25, 0.3) is 10.7 Å².